The van der Waals surface area contributed by atoms with Crippen LogP contribution in [0.25, 0.3) is 0 Å². The van der Waals surface area contributed by atoms with E-state index in [-0.39, 0.29) is 18.8 Å². The van der Waals surface area contributed by atoms with E-state index in [9.17, 15) is 17.6 Å². The summed E-state index contributed by atoms with van der Waals surface area (Å²) in [6.45, 7) is 3.33. The number of rotatable bonds is 6. The number of anilines is 1. The first-order chi connectivity index (χ1) is 8.84. The maximum atomic E-state index is 12.8. The fourth-order valence-corrected chi connectivity index (χ4v) is 2.24. The minimum absolute atomic E-state index is 0.234. The number of amides is 1. The molecule has 0 aromatic heterocycles. The topological polar surface area (TPSA) is 66.5 Å². The van der Waals surface area contributed by atoms with Crippen LogP contribution in [0.2, 0.25) is 0 Å². The molecule has 0 aliphatic carbocycles. The van der Waals surface area contributed by atoms with Gasteiger partial charge in [-0.1, -0.05) is 6.08 Å². The molecule has 0 unspecified atom stereocenters. The summed E-state index contributed by atoms with van der Waals surface area (Å²) in [4.78, 5) is 11.6. The molecule has 0 heterocycles. The van der Waals surface area contributed by atoms with Crippen molar-refractivity contribution in [1.29, 1.82) is 0 Å². The molecule has 1 aromatic carbocycles. The molecule has 19 heavy (non-hydrogen) atoms. The second-order valence-electron chi connectivity index (χ2n) is 3.84. The van der Waals surface area contributed by atoms with Gasteiger partial charge >= 0.3 is 0 Å². The number of nitrogens with one attached hydrogen (secondary N) is 1. The van der Waals surface area contributed by atoms with Crippen molar-refractivity contribution in [2.45, 2.75) is 0 Å². The van der Waals surface area contributed by atoms with Gasteiger partial charge in [-0.2, -0.15) is 0 Å². The van der Waals surface area contributed by atoms with Crippen LogP contribution in [-0.4, -0.2) is 33.7 Å². The third-order valence-electron chi connectivity index (χ3n) is 2.25. The summed E-state index contributed by atoms with van der Waals surface area (Å²) in [7, 11) is -3.63. The number of nitrogens with zero attached hydrogens (tertiary/aromatic N) is 1. The highest BCUT2D eigenvalue weighted by Crippen LogP contribution is 2.17. The normalized spacial score (nSPS) is 10.8. The van der Waals surface area contributed by atoms with E-state index >= 15 is 0 Å². The van der Waals surface area contributed by atoms with E-state index in [1.807, 2.05) is 0 Å². The minimum atomic E-state index is -3.63. The van der Waals surface area contributed by atoms with Gasteiger partial charge in [0.2, 0.25) is 15.9 Å². The van der Waals surface area contributed by atoms with E-state index in [2.05, 4.69) is 11.9 Å². The van der Waals surface area contributed by atoms with Crippen molar-refractivity contribution in [2.24, 2.45) is 0 Å². The van der Waals surface area contributed by atoms with E-state index in [1.165, 1.54) is 18.2 Å². The first kappa shape index (κ1) is 15.2. The Morgan fingerprint density at radius 3 is 2.47 bits per heavy atom. The summed E-state index contributed by atoms with van der Waals surface area (Å²) in [5.74, 6) is -0.942. The highest BCUT2D eigenvalue weighted by Gasteiger charge is 2.20. The third kappa shape index (κ3) is 4.70. The van der Waals surface area contributed by atoms with Crippen LogP contribution in [-0.2, 0) is 14.8 Å². The lowest BCUT2D eigenvalue weighted by atomic mass is 10.3. The van der Waals surface area contributed by atoms with Gasteiger partial charge in [0.1, 0.15) is 12.4 Å². The summed E-state index contributed by atoms with van der Waals surface area (Å²) < 4.78 is 37.0. The molecule has 1 rings (SSSR count). The van der Waals surface area contributed by atoms with Crippen molar-refractivity contribution >= 4 is 21.6 Å². The van der Waals surface area contributed by atoms with Gasteiger partial charge < -0.3 is 5.32 Å². The monoisotopic (exact) mass is 286 g/mol. The summed E-state index contributed by atoms with van der Waals surface area (Å²) in [6.07, 6.45) is 2.47. The van der Waals surface area contributed by atoms with E-state index in [4.69, 9.17) is 0 Å². The van der Waals surface area contributed by atoms with E-state index in [1.54, 1.807) is 0 Å². The molecular weight excluding hydrogens is 271 g/mol. The largest absolute Gasteiger partial charge is 0.351 e. The van der Waals surface area contributed by atoms with Gasteiger partial charge in [-0.25, -0.2) is 12.8 Å². The zero-order chi connectivity index (χ0) is 14.5. The van der Waals surface area contributed by atoms with Gasteiger partial charge in [0.15, 0.2) is 0 Å². The first-order valence-corrected chi connectivity index (χ1v) is 7.30. The minimum Gasteiger partial charge on any atom is -0.351 e. The van der Waals surface area contributed by atoms with E-state index < -0.39 is 21.7 Å². The molecule has 104 valence electrons. The molecular formula is C12H15FN2O3S. The lowest BCUT2D eigenvalue weighted by molar-refractivity contribution is -0.119. The van der Waals surface area contributed by atoms with Gasteiger partial charge in [0.05, 0.1) is 11.9 Å². The standard InChI is InChI=1S/C12H15FN2O3S/c1-3-8-14-12(16)9-15(19(2,17)18)11-6-4-10(13)5-7-11/h3-7H,1,8-9H2,2H3,(H,14,16). The molecule has 0 saturated carbocycles. The Labute approximate surface area is 111 Å². The lowest BCUT2D eigenvalue weighted by Crippen LogP contribution is -2.40. The van der Waals surface area contributed by atoms with Crippen LogP contribution < -0.4 is 9.62 Å². The summed E-state index contributed by atoms with van der Waals surface area (Å²) in [6, 6.07) is 4.87. The van der Waals surface area contributed by atoms with Crippen LogP contribution in [0.4, 0.5) is 10.1 Å². The molecule has 0 aliphatic heterocycles. The second-order valence-corrected chi connectivity index (χ2v) is 5.75. The average Bonchev–Trinajstić information content (AvgIpc) is 2.33. The molecule has 0 bridgehead atoms. The van der Waals surface area contributed by atoms with Crippen molar-refractivity contribution in [2.75, 3.05) is 23.7 Å². The van der Waals surface area contributed by atoms with Gasteiger partial charge in [-0.3, -0.25) is 9.10 Å². The average molecular weight is 286 g/mol. The second kappa shape index (κ2) is 6.33. The number of sulfonamides is 1. The SMILES string of the molecule is C=CCNC(=O)CN(c1ccc(F)cc1)S(C)(=O)=O. The molecule has 7 heteroatoms. The molecule has 0 fully saturated rings. The highest BCUT2D eigenvalue weighted by atomic mass is 32.2. The Hall–Kier alpha value is -1.89. The predicted octanol–water partition coefficient (Wildman–Crippen LogP) is 0.894. The first-order valence-electron chi connectivity index (χ1n) is 5.45. The highest BCUT2D eigenvalue weighted by molar-refractivity contribution is 7.92. The fraction of sp³-hybridized carbons (Fsp3) is 0.250. The number of hydrogen-bond acceptors (Lipinski definition) is 3. The predicted molar refractivity (Wildman–Crippen MR) is 71.8 cm³/mol. The Balaban J connectivity index is 2.94. The maximum Gasteiger partial charge on any atom is 0.241 e. The number of halogens is 1. The van der Waals surface area contributed by atoms with Crippen molar-refractivity contribution < 1.29 is 17.6 Å². The van der Waals surface area contributed by atoms with Crippen LogP contribution in [0.15, 0.2) is 36.9 Å². The molecule has 5 nitrogen and oxygen atoms in total. The van der Waals surface area contributed by atoms with Crippen molar-refractivity contribution in [3.8, 4) is 0 Å². The van der Waals surface area contributed by atoms with Gasteiger partial charge in [-0.15, -0.1) is 6.58 Å². The number of hydrogen-bond donors (Lipinski definition) is 1. The lowest BCUT2D eigenvalue weighted by Gasteiger charge is -2.21. The number of benzene rings is 1. The molecule has 0 atom stereocenters. The smallest absolute Gasteiger partial charge is 0.241 e. The van der Waals surface area contributed by atoms with E-state index in [0.29, 0.717) is 0 Å². The van der Waals surface area contributed by atoms with E-state index in [0.717, 1.165) is 22.7 Å². The van der Waals surface area contributed by atoms with Crippen LogP contribution in [0.1, 0.15) is 0 Å². The zero-order valence-corrected chi connectivity index (χ0v) is 11.3. The van der Waals surface area contributed by atoms with Crippen molar-refractivity contribution in [3.05, 3.63) is 42.7 Å². The fourth-order valence-electron chi connectivity index (χ4n) is 1.38. The third-order valence-corrected chi connectivity index (χ3v) is 3.39. The molecule has 0 spiro atoms. The molecule has 1 amide bonds. The van der Waals surface area contributed by atoms with Crippen molar-refractivity contribution in [3.63, 3.8) is 0 Å². The van der Waals surface area contributed by atoms with Crippen LogP contribution in [0.5, 0.6) is 0 Å². The molecule has 0 saturated heterocycles. The zero-order valence-electron chi connectivity index (χ0n) is 10.5. The van der Waals surface area contributed by atoms with Gasteiger partial charge in [0.25, 0.3) is 0 Å². The Morgan fingerprint density at radius 1 is 1.42 bits per heavy atom. The summed E-state index contributed by atoms with van der Waals surface area (Å²) in [5.41, 5.74) is 0.234. The molecule has 1 N–H and O–H groups in total. The van der Waals surface area contributed by atoms with Crippen molar-refractivity contribution in [1.82, 2.24) is 5.32 Å². The molecule has 0 aliphatic rings. The quantitative estimate of drug-likeness (QED) is 0.790. The molecule has 0 radical (unpaired) electrons. The maximum absolute atomic E-state index is 12.8. The van der Waals surface area contributed by atoms with Crippen LogP contribution in [0.3, 0.4) is 0 Å². The van der Waals surface area contributed by atoms with Crippen LogP contribution >= 0.6 is 0 Å². The molecule has 1 aromatic rings. The Morgan fingerprint density at radius 2 is 2.00 bits per heavy atom. The Kier molecular flexibility index (Phi) is 5.05. The number of carbonyl (C=O) groups is 1. The summed E-state index contributed by atoms with van der Waals surface area (Å²) in [5, 5.41) is 2.48. The van der Waals surface area contributed by atoms with Gasteiger partial charge in [0, 0.05) is 6.54 Å². The summed E-state index contributed by atoms with van der Waals surface area (Å²) >= 11 is 0. The van der Waals surface area contributed by atoms with Gasteiger partial charge in [-0.05, 0) is 24.3 Å². The number of carbonyl (C=O) groups excluding carboxylic acids is 1. The Bertz CT molecular complexity index is 555. The van der Waals surface area contributed by atoms with Crippen LogP contribution in [0, 0.1) is 5.82 Å².